The summed E-state index contributed by atoms with van der Waals surface area (Å²) in [5.74, 6) is -0.756. The van der Waals surface area contributed by atoms with Gasteiger partial charge in [0.05, 0.1) is 0 Å². The van der Waals surface area contributed by atoms with Crippen molar-refractivity contribution in [3.63, 3.8) is 0 Å². The van der Waals surface area contributed by atoms with Crippen molar-refractivity contribution in [1.82, 2.24) is 25.8 Å². The van der Waals surface area contributed by atoms with Crippen LogP contribution in [0.2, 0.25) is 0 Å². The van der Waals surface area contributed by atoms with Crippen molar-refractivity contribution in [1.29, 1.82) is 0 Å². The smallest absolute Gasteiger partial charge is 0.270 e. The van der Waals surface area contributed by atoms with Crippen LogP contribution in [-0.4, -0.2) is 72.3 Å². The van der Waals surface area contributed by atoms with E-state index in [-0.39, 0.29) is 35.9 Å². The number of hydrogen-bond donors (Lipinski definition) is 4. The summed E-state index contributed by atoms with van der Waals surface area (Å²) in [6.07, 6.45) is 7.74. The molecule has 2 heterocycles. The van der Waals surface area contributed by atoms with Gasteiger partial charge < -0.3 is 26.2 Å². The van der Waals surface area contributed by atoms with Gasteiger partial charge in [-0.05, 0) is 37.0 Å². The molecule has 10 nitrogen and oxygen atoms in total. The number of amides is 4. The van der Waals surface area contributed by atoms with Crippen LogP contribution < -0.4 is 21.3 Å². The molecule has 4 amide bonds. The lowest BCUT2D eigenvalue weighted by atomic mass is 9.88. The maximum Gasteiger partial charge on any atom is 0.270 e. The van der Waals surface area contributed by atoms with Crippen LogP contribution in [0.25, 0.3) is 0 Å². The highest BCUT2D eigenvalue weighted by molar-refractivity contribution is 5.96. The zero-order valence-corrected chi connectivity index (χ0v) is 23.0. The van der Waals surface area contributed by atoms with Gasteiger partial charge in [-0.3, -0.25) is 24.2 Å². The van der Waals surface area contributed by atoms with Crippen LogP contribution in [0.15, 0.2) is 48.7 Å². The Kier molecular flexibility index (Phi) is 10.9. The highest BCUT2D eigenvalue weighted by Crippen LogP contribution is 2.25. The molecule has 0 unspecified atom stereocenters. The van der Waals surface area contributed by atoms with E-state index in [1.807, 2.05) is 30.3 Å². The molecule has 4 N–H and O–H groups in total. The summed E-state index contributed by atoms with van der Waals surface area (Å²) in [5, 5.41) is 11.9. The molecule has 10 heteroatoms. The van der Waals surface area contributed by atoms with Crippen LogP contribution in [0, 0.1) is 5.92 Å². The fourth-order valence-corrected chi connectivity index (χ4v) is 5.26. The van der Waals surface area contributed by atoms with E-state index in [2.05, 4.69) is 26.3 Å². The average molecular weight is 549 g/mol. The summed E-state index contributed by atoms with van der Waals surface area (Å²) in [7, 11) is 0. The minimum Gasteiger partial charge on any atom is -0.383 e. The van der Waals surface area contributed by atoms with E-state index in [1.165, 1.54) is 6.20 Å². The first-order chi connectivity index (χ1) is 19.5. The van der Waals surface area contributed by atoms with E-state index in [4.69, 9.17) is 0 Å². The van der Waals surface area contributed by atoms with Crippen molar-refractivity contribution in [3.05, 3.63) is 59.9 Å². The van der Waals surface area contributed by atoms with Gasteiger partial charge in [0, 0.05) is 63.4 Å². The van der Waals surface area contributed by atoms with E-state index < -0.39 is 11.9 Å². The highest BCUT2D eigenvalue weighted by atomic mass is 16.2. The van der Waals surface area contributed by atoms with E-state index in [0.29, 0.717) is 51.1 Å². The monoisotopic (exact) mass is 548 g/mol. The van der Waals surface area contributed by atoms with E-state index >= 15 is 0 Å². The van der Waals surface area contributed by atoms with Gasteiger partial charge in [-0.15, -0.1) is 0 Å². The predicted molar refractivity (Wildman–Crippen MR) is 153 cm³/mol. The number of nitrogens with zero attached hydrogens (tertiary/aromatic N) is 2. The van der Waals surface area contributed by atoms with Crippen LogP contribution in [0.1, 0.15) is 61.0 Å². The molecule has 0 spiro atoms. The third-order valence-corrected chi connectivity index (χ3v) is 7.45. The lowest BCUT2D eigenvalue weighted by Crippen LogP contribution is -2.50. The van der Waals surface area contributed by atoms with Crippen LogP contribution >= 0.6 is 0 Å². The molecule has 2 aromatic rings. The zero-order chi connectivity index (χ0) is 28.2. The molecule has 214 valence electrons. The maximum absolute atomic E-state index is 13.4. The van der Waals surface area contributed by atoms with Gasteiger partial charge in [0.25, 0.3) is 5.91 Å². The summed E-state index contributed by atoms with van der Waals surface area (Å²) < 4.78 is 0. The number of nitrogens with one attached hydrogen (secondary N) is 4. The average Bonchev–Trinajstić information content (AvgIpc) is 2.98. The Bertz CT molecular complexity index is 1150. The summed E-state index contributed by atoms with van der Waals surface area (Å²) >= 11 is 0. The van der Waals surface area contributed by atoms with E-state index in [9.17, 15) is 19.2 Å². The molecule has 1 fully saturated rings. The molecular weight excluding hydrogens is 508 g/mol. The summed E-state index contributed by atoms with van der Waals surface area (Å²) in [4.78, 5) is 58.2. The van der Waals surface area contributed by atoms with Crippen molar-refractivity contribution in [2.24, 2.45) is 5.92 Å². The summed E-state index contributed by atoms with van der Waals surface area (Å²) in [6.45, 7) is 1.95. The number of pyridine rings is 1. The second kappa shape index (κ2) is 15.0. The van der Waals surface area contributed by atoms with Crippen LogP contribution in [0.3, 0.4) is 0 Å². The largest absolute Gasteiger partial charge is 0.383 e. The Hall–Kier alpha value is -3.95. The van der Waals surface area contributed by atoms with Gasteiger partial charge >= 0.3 is 0 Å². The summed E-state index contributed by atoms with van der Waals surface area (Å²) in [5.41, 5.74) is 1.78. The molecule has 4 rings (SSSR count). The number of fused-ring (bicyclic) bond motifs is 2. The standard InChI is InChI=1S/C30H40N6O4/c37-27-12-7-18-36(30(40)23-10-5-2-6-11-23)19-17-34-28(38)26(20-22-8-3-1-4-9-22)35-29(39)25-21-24(13-14-32-25)31-15-16-33-27/h1,3-4,8-9,13-14,21,23,26,31H,2,5-7,10-12,15-20H2,(H,33,37)(H,34,38)(H,35,39)/t26-/m0/s1. The predicted octanol–water partition coefficient (Wildman–Crippen LogP) is 2.27. The van der Waals surface area contributed by atoms with Crippen LogP contribution in [0.5, 0.6) is 0 Å². The van der Waals surface area contributed by atoms with E-state index in [1.54, 1.807) is 17.0 Å². The highest BCUT2D eigenvalue weighted by Gasteiger charge is 2.27. The molecule has 0 radical (unpaired) electrons. The molecular formula is C30H40N6O4. The number of hydrogen-bond acceptors (Lipinski definition) is 6. The van der Waals surface area contributed by atoms with E-state index in [0.717, 1.165) is 37.7 Å². The minimum atomic E-state index is -0.820. The molecule has 1 aliphatic carbocycles. The quantitative estimate of drug-likeness (QED) is 0.465. The Morgan fingerprint density at radius 1 is 0.875 bits per heavy atom. The molecule has 1 aromatic heterocycles. The lowest BCUT2D eigenvalue weighted by Gasteiger charge is -2.30. The fourth-order valence-electron chi connectivity index (χ4n) is 5.26. The minimum absolute atomic E-state index is 0.00132. The molecule has 1 atom stereocenters. The third kappa shape index (κ3) is 8.79. The number of carbonyl (C=O) groups excluding carboxylic acids is 4. The van der Waals surface area contributed by atoms with Crippen molar-refractivity contribution in [2.75, 3.05) is 38.0 Å². The summed E-state index contributed by atoms with van der Waals surface area (Å²) in [6, 6.07) is 12.1. The topological polar surface area (TPSA) is 133 Å². The first kappa shape index (κ1) is 29.0. The molecule has 2 aliphatic rings. The van der Waals surface area contributed by atoms with Gasteiger partial charge in [0.1, 0.15) is 11.7 Å². The number of carbonyl (C=O) groups is 4. The molecule has 1 aliphatic heterocycles. The van der Waals surface area contributed by atoms with Crippen LogP contribution in [0.4, 0.5) is 5.69 Å². The van der Waals surface area contributed by atoms with Crippen molar-refractivity contribution in [3.8, 4) is 0 Å². The maximum atomic E-state index is 13.4. The second-order valence-electron chi connectivity index (χ2n) is 10.5. The van der Waals surface area contributed by atoms with Crippen LogP contribution in [-0.2, 0) is 20.8 Å². The Morgan fingerprint density at radius 2 is 1.65 bits per heavy atom. The van der Waals surface area contributed by atoms with Gasteiger partial charge in [0.15, 0.2) is 0 Å². The van der Waals surface area contributed by atoms with Crippen molar-refractivity contribution < 1.29 is 19.2 Å². The second-order valence-corrected chi connectivity index (χ2v) is 10.5. The van der Waals surface area contributed by atoms with Gasteiger partial charge in [0.2, 0.25) is 17.7 Å². The van der Waals surface area contributed by atoms with Gasteiger partial charge in [-0.1, -0.05) is 49.6 Å². The number of rotatable bonds is 3. The Morgan fingerprint density at radius 3 is 2.45 bits per heavy atom. The first-order valence-electron chi connectivity index (χ1n) is 14.4. The number of anilines is 1. The first-order valence-corrected chi connectivity index (χ1v) is 14.4. The van der Waals surface area contributed by atoms with Crippen molar-refractivity contribution >= 4 is 29.3 Å². The molecule has 2 bridgehead atoms. The fraction of sp³-hybridized carbons (Fsp3) is 0.500. The van der Waals surface area contributed by atoms with Gasteiger partial charge in [-0.25, -0.2) is 0 Å². The molecule has 0 saturated heterocycles. The lowest BCUT2D eigenvalue weighted by molar-refractivity contribution is -0.137. The normalized spacial score (nSPS) is 20.6. The molecule has 1 saturated carbocycles. The Labute approximate surface area is 235 Å². The Balaban J connectivity index is 1.50. The molecule has 40 heavy (non-hydrogen) atoms. The molecule has 1 aromatic carbocycles. The van der Waals surface area contributed by atoms with Crippen molar-refractivity contribution in [2.45, 2.75) is 57.4 Å². The zero-order valence-electron chi connectivity index (χ0n) is 23.0. The SMILES string of the molecule is O=C1CCCN(C(=O)C2CCCCC2)CCNC(=O)[C@H](Cc2ccccc2)NC(=O)c2cc(ccn2)NCCN1. The van der Waals surface area contributed by atoms with Gasteiger partial charge in [-0.2, -0.15) is 0 Å². The number of benzene rings is 1. The number of aromatic nitrogens is 1. The third-order valence-electron chi connectivity index (χ3n) is 7.45.